The van der Waals surface area contributed by atoms with Crippen LogP contribution in [0.1, 0.15) is 22.3 Å². The van der Waals surface area contributed by atoms with Crippen LogP contribution in [0.3, 0.4) is 0 Å². The minimum absolute atomic E-state index is 0.554. The third-order valence-corrected chi connectivity index (χ3v) is 9.87. The molecule has 0 saturated heterocycles. The van der Waals surface area contributed by atoms with E-state index in [-0.39, 0.29) is 0 Å². The van der Waals surface area contributed by atoms with E-state index in [2.05, 4.69) is 109 Å². The number of ether oxygens (including phenoxy) is 1. The number of benzene rings is 7. The molecule has 240 valence electrons. The van der Waals surface area contributed by atoms with Gasteiger partial charge in [-0.05, 0) is 41.5 Å². The summed E-state index contributed by atoms with van der Waals surface area (Å²) in [6.45, 7) is 0. The first-order valence-corrected chi connectivity index (χ1v) is 17.0. The number of fused-ring (bicyclic) bond motifs is 5. The van der Waals surface area contributed by atoms with Crippen molar-refractivity contribution in [3.05, 3.63) is 198 Å². The summed E-state index contributed by atoms with van der Waals surface area (Å²) in [4.78, 5) is 15.1. The molecule has 3 heterocycles. The van der Waals surface area contributed by atoms with E-state index in [1.165, 1.54) is 0 Å². The van der Waals surface area contributed by atoms with Crippen molar-refractivity contribution in [2.24, 2.45) is 0 Å². The summed E-state index contributed by atoms with van der Waals surface area (Å²) >= 11 is 0. The van der Waals surface area contributed by atoms with Crippen molar-refractivity contribution in [2.45, 2.75) is 5.41 Å². The van der Waals surface area contributed by atoms with Crippen molar-refractivity contribution < 1.29 is 9.15 Å². The van der Waals surface area contributed by atoms with Gasteiger partial charge in [-0.1, -0.05) is 146 Å². The van der Waals surface area contributed by atoms with Crippen LogP contribution in [0.2, 0.25) is 0 Å². The lowest BCUT2D eigenvalue weighted by Crippen LogP contribution is -2.34. The van der Waals surface area contributed by atoms with Gasteiger partial charge in [0, 0.05) is 38.6 Å². The Balaban J connectivity index is 1.18. The molecule has 0 bridgehead atoms. The Kier molecular flexibility index (Phi) is 6.64. The summed E-state index contributed by atoms with van der Waals surface area (Å²) in [5, 5.41) is 2.14. The van der Waals surface area contributed by atoms with Gasteiger partial charge in [0.1, 0.15) is 22.7 Å². The zero-order chi connectivity index (χ0) is 33.8. The standard InChI is InChI=1S/C46H29N3O2/c1-4-14-30(15-5-1)43-47-44(31-24-26-36-35-20-10-12-22-39(35)50-41(36)28-31)49-45(48-43)32-25-27-38-42(29-32)51-40-23-13-11-21-37(40)46(38,33-16-6-2-7-17-33)34-18-8-3-9-19-34/h1-29H. The van der Waals surface area contributed by atoms with Crippen LogP contribution in [0, 0.1) is 0 Å². The Morgan fingerprint density at radius 3 is 1.63 bits per heavy atom. The molecule has 0 atom stereocenters. The van der Waals surface area contributed by atoms with Crippen molar-refractivity contribution >= 4 is 21.9 Å². The van der Waals surface area contributed by atoms with E-state index in [1.807, 2.05) is 66.7 Å². The van der Waals surface area contributed by atoms with Crippen LogP contribution in [0.4, 0.5) is 0 Å². The zero-order valence-electron chi connectivity index (χ0n) is 27.4. The van der Waals surface area contributed by atoms with Crippen LogP contribution in [0.25, 0.3) is 56.1 Å². The van der Waals surface area contributed by atoms with Crippen molar-refractivity contribution in [1.29, 1.82) is 0 Å². The SMILES string of the molecule is c1ccc(-c2nc(-c3ccc4c(c3)Oc3ccccc3C4(c3ccccc3)c3ccccc3)nc(-c3ccc4c(c3)oc3ccccc34)n2)cc1. The molecule has 2 aromatic heterocycles. The number of hydrogen-bond acceptors (Lipinski definition) is 5. The average molecular weight is 656 g/mol. The largest absolute Gasteiger partial charge is 0.457 e. The smallest absolute Gasteiger partial charge is 0.164 e. The van der Waals surface area contributed by atoms with Gasteiger partial charge in [-0.25, -0.2) is 15.0 Å². The van der Waals surface area contributed by atoms with Crippen molar-refractivity contribution in [3.63, 3.8) is 0 Å². The lowest BCUT2D eigenvalue weighted by atomic mass is 9.63. The number of nitrogens with zero attached hydrogens (tertiary/aromatic N) is 3. The molecule has 1 aliphatic heterocycles. The van der Waals surface area contributed by atoms with Gasteiger partial charge >= 0.3 is 0 Å². The highest BCUT2D eigenvalue weighted by atomic mass is 16.5. The van der Waals surface area contributed by atoms with E-state index >= 15 is 0 Å². The second-order valence-corrected chi connectivity index (χ2v) is 12.8. The predicted octanol–water partition coefficient (Wildman–Crippen LogP) is 11.3. The molecule has 0 fully saturated rings. The van der Waals surface area contributed by atoms with Gasteiger partial charge in [-0.15, -0.1) is 0 Å². The van der Waals surface area contributed by atoms with E-state index in [0.29, 0.717) is 17.5 Å². The maximum Gasteiger partial charge on any atom is 0.164 e. The van der Waals surface area contributed by atoms with Crippen molar-refractivity contribution in [1.82, 2.24) is 15.0 Å². The van der Waals surface area contributed by atoms with E-state index in [0.717, 1.165) is 72.4 Å². The molecule has 51 heavy (non-hydrogen) atoms. The molecule has 0 N–H and O–H groups in total. The number of aromatic nitrogens is 3. The predicted molar refractivity (Wildman–Crippen MR) is 202 cm³/mol. The monoisotopic (exact) mass is 655 g/mol. The molecule has 5 nitrogen and oxygen atoms in total. The number of rotatable bonds is 5. The van der Waals surface area contributed by atoms with E-state index in [1.54, 1.807) is 0 Å². The molecule has 0 amide bonds. The Labute approximate surface area is 294 Å². The quantitative estimate of drug-likeness (QED) is 0.185. The third-order valence-electron chi connectivity index (χ3n) is 9.87. The lowest BCUT2D eigenvalue weighted by molar-refractivity contribution is 0.434. The molecule has 10 rings (SSSR count). The van der Waals surface area contributed by atoms with Gasteiger partial charge in [0.25, 0.3) is 0 Å². The van der Waals surface area contributed by atoms with E-state index in [4.69, 9.17) is 24.1 Å². The Morgan fingerprint density at radius 2 is 0.902 bits per heavy atom. The second kappa shape index (κ2) is 11.6. The van der Waals surface area contributed by atoms with Crippen LogP contribution in [-0.2, 0) is 5.41 Å². The normalized spacial score (nSPS) is 13.0. The molecule has 5 heteroatoms. The summed E-state index contributed by atoms with van der Waals surface area (Å²) in [6, 6.07) is 60.3. The minimum Gasteiger partial charge on any atom is -0.457 e. The molecular weight excluding hydrogens is 627 g/mol. The number of para-hydroxylation sites is 2. The number of hydrogen-bond donors (Lipinski definition) is 0. The molecule has 0 spiro atoms. The van der Waals surface area contributed by atoms with Crippen LogP contribution < -0.4 is 4.74 Å². The molecule has 0 saturated carbocycles. The first-order chi connectivity index (χ1) is 25.3. The topological polar surface area (TPSA) is 61.0 Å². The molecule has 0 unspecified atom stereocenters. The highest BCUT2D eigenvalue weighted by Crippen LogP contribution is 2.55. The molecule has 9 aromatic rings. The summed E-state index contributed by atoms with van der Waals surface area (Å²) in [5.41, 5.74) is 8.08. The molecule has 7 aromatic carbocycles. The second-order valence-electron chi connectivity index (χ2n) is 12.8. The fourth-order valence-electron chi connectivity index (χ4n) is 7.57. The fourth-order valence-corrected chi connectivity index (χ4v) is 7.57. The van der Waals surface area contributed by atoms with Crippen molar-refractivity contribution in [2.75, 3.05) is 0 Å². The Morgan fingerprint density at radius 1 is 0.373 bits per heavy atom. The summed E-state index contributed by atoms with van der Waals surface area (Å²) in [7, 11) is 0. The van der Waals surface area contributed by atoms with Crippen LogP contribution in [-0.4, -0.2) is 15.0 Å². The van der Waals surface area contributed by atoms with Gasteiger partial charge < -0.3 is 9.15 Å². The molecule has 1 aliphatic rings. The maximum absolute atomic E-state index is 6.76. The molecule has 0 aliphatic carbocycles. The summed E-state index contributed by atoms with van der Waals surface area (Å²) in [6.07, 6.45) is 0. The number of furan rings is 1. The Bertz CT molecular complexity index is 2680. The third kappa shape index (κ3) is 4.67. The lowest BCUT2D eigenvalue weighted by Gasteiger charge is -2.41. The van der Waals surface area contributed by atoms with E-state index < -0.39 is 5.41 Å². The fraction of sp³-hybridized carbons (Fsp3) is 0.0217. The van der Waals surface area contributed by atoms with Crippen LogP contribution in [0.5, 0.6) is 11.5 Å². The molecule has 0 radical (unpaired) electrons. The summed E-state index contributed by atoms with van der Waals surface area (Å²) in [5.74, 6) is 3.28. The van der Waals surface area contributed by atoms with Gasteiger partial charge in [0.2, 0.25) is 0 Å². The Hall–Kier alpha value is -6.85. The highest BCUT2D eigenvalue weighted by Gasteiger charge is 2.45. The van der Waals surface area contributed by atoms with Gasteiger partial charge in [0.05, 0.1) is 5.41 Å². The van der Waals surface area contributed by atoms with Crippen LogP contribution in [0.15, 0.2) is 180 Å². The molecular formula is C46H29N3O2. The van der Waals surface area contributed by atoms with Crippen molar-refractivity contribution in [3.8, 4) is 45.7 Å². The van der Waals surface area contributed by atoms with Crippen LogP contribution >= 0.6 is 0 Å². The summed E-state index contributed by atoms with van der Waals surface area (Å²) < 4.78 is 13.0. The first-order valence-electron chi connectivity index (χ1n) is 17.0. The van der Waals surface area contributed by atoms with Gasteiger partial charge in [-0.2, -0.15) is 0 Å². The van der Waals surface area contributed by atoms with Gasteiger partial charge in [0.15, 0.2) is 17.5 Å². The minimum atomic E-state index is -0.604. The average Bonchev–Trinajstić information content (AvgIpc) is 3.58. The van der Waals surface area contributed by atoms with Gasteiger partial charge in [-0.3, -0.25) is 0 Å². The highest BCUT2D eigenvalue weighted by molar-refractivity contribution is 6.05. The zero-order valence-corrected chi connectivity index (χ0v) is 27.4. The maximum atomic E-state index is 6.76. The first kappa shape index (κ1) is 29.1. The van der Waals surface area contributed by atoms with E-state index in [9.17, 15) is 0 Å².